The molecular weight excluding hydrogens is 250 g/mol. The summed E-state index contributed by atoms with van der Waals surface area (Å²) in [7, 11) is 0. The summed E-state index contributed by atoms with van der Waals surface area (Å²) >= 11 is 1.14. The zero-order chi connectivity index (χ0) is 13.3. The number of hydrogen-bond acceptors (Lipinski definition) is 5. The molecule has 1 aromatic rings. The van der Waals surface area contributed by atoms with E-state index in [4.69, 9.17) is 0 Å². The highest BCUT2D eigenvalue weighted by Gasteiger charge is 2.48. The molecule has 1 aliphatic rings. The highest BCUT2D eigenvalue weighted by molar-refractivity contribution is 7.08. The molecule has 2 unspecified atom stereocenters. The molecule has 2 N–H and O–H groups in total. The van der Waals surface area contributed by atoms with E-state index in [1.165, 1.54) is 0 Å². The van der Waals surface area contributed by atoms with Crippen LogP contribution in [0.5, 0.6) is 0 Å². The number of nitrogens with one attached hydrogen (secondary N) is 1. The second-order valence-electron chi connectivity index (χ2n) is 5.40. The summed E-state index contributed by atoms with van der Waals surface area (Å²) < 4.78 is 3.85. The monoisotopic (exact) mass is 269 g/mol. The molecule has 18 heavy (non-hydrogen) atoms. The number of carbonyl (C=O) groups excluding carboxylic acids is 1. The largest absolute Gasteiger partial charge is 0.392 e. The molecule has 0 bridgehead atoms. The van der Waals surface area contributed by atoms with E-state index in [1.54, 1.807) is 0 Å². The van der Waals surface area contributed by atoms with Gasteiger partial charge in [0.15, 0.2) is 0 Å². The Morgan fingerprint density at radius 1 is 1.61 bits per heavy atom. The van der Waals surface area contributed by atoms with Crippen molar-refractivity contribution < 1.29 is 9.90 Å². The van der Waals surface area contributed by atoms with Crippen molar-refractivity contribution in [3.63, 3.8) is 0 Å². The third-order valence-electron chi connectivity index (χ3n) is 3.77. The van der Waals surface area contributed by atoms with Gasteiger partial charge in [-0.2, -0.15) is 0 Å². The number of rotatable bonds is 4. The molecule has 2 atom stereocenters. The van der Waals surface area contributed by atoms with Crippen LogP contribution < -0.4 is 5.32 Å². The number of aliphatic hydroxyl groups is 1. The van der Waals surface area contributed by atoms with E-state index < -0.39 is 0 Å². The lowest BCUT2D eigenvalue weighted by Gasteiger charge is -2.49. The molecule has 1 aliphatic carbocycles. The molecule has 2 rings (SSSR count). The quantitative estimate of drug-likeness (QED) is 0.866. The number of aryl methyl sites for hydroxylation is 1. The first-order chi connectivity index (χ1) is 8.46. The molecule has 1 heterocycles. The second kappa shape index (κ2) is 4.93. The Labute approximate surface area is 111 Å². The van der Waals surface area contributed by atoms with E-state index in [0.717, 1.165) is 30.1 Å². The standard InChI is InChI=1S/C12H19N3O2S/c1-4-5-7-10(18-15-14-7)11(17)13-8-6-9(16)12(8,2)3/h8-9,16H,4-6H2,1-3H3,(H,13,17). The van der Waals surface area contributed by atoms with Gasteiger partial charge in [0.2, 0.25) is 0 Å². The Morgan fingerprint density at radius 3 is 2.89 bits per heavy atom. The number of aliphatic hydroxyl groups excluding tert-OH is 1. The maximum absolute atomic E-state index is 12.1. The molecule has 1 fully saturated rings. The molecule has 0 aromatic carbocycles. The number of carbonyl (C=O) groups is 1. The summed E-state index contributed by atoms with van der Waals surface area (Å²) in [5.74, 6) is -0.113. The lowest BCUT2D eigenvalue weighted by atomic mass is 9.64. The normalized spacial score (nSPS) is 25.6. The van der Waals surface area contributed by atoms with E-state index in [9.17, 15) is 9.90 Å². The van der Waals surface area contributed by atoms with Crippen LogP contribution in [-0.2, 0) is 6.42 Å². The molecule has 1 amide bonds. The zero-order valence-electron chi connectivity index (χ0n) is 10.9. The van der Waals surface area contributed by atoms with Gasteiger partial charge in [0, 0.05) is 11.5 Å². The summed E-state index contributed by atoms with van der Waals surface area (Å²) in [6, 6.07) is 0.0246. The number of amides is 1. The molecule has 0 radical (unpaired) electrons. The first-order valence-corrected chi connectivity index (χ1v) is 7.04. The Kier molecular flexibility index (Phi) is 3.68. The van der Waals surface area contributed by atoms with Gasteiger partial charge in [-0.1, -0.05) is 31.7 Å². The second-order valence-corrected chi connectivity index (χ2v) is 6.15. The van der Waals surface area contributed by atoms with Gasteiger partial charge in [-0.25, -0.2) is 0 Å². The fraction of sp³-hybridized carbons (Fsp3) is 0.750. The Bertz CT molecular complexity index is 444. The lowest BCUT2D eigenvalue weighted by molar-refractivity contribution is -0.0689. The lowest BCUT2D eigenvalue weighted by Crippen LogP contribution is -2.61. The molecule has 5 nitrogen and oxygen atoms in total. The zero-order valence-corrected chi connectivity index (χ0v) is 11.8. The predicted molar refractivity (Wildman–Crippen MR) is 69.6 cm³/mol. The van der Waals surface area contributed by atoms with Gasteiger partial charge >= 0.3 is 0 Å². The number of nitrogens with zero attached hydrogens (tertiary/aromatic N) is 2. The minimum atomic E-state index is -0.336. The van der Waals surface area contributed by atoms with Gasteiger partial charge in [-0.3, -0.25) is 4.79 Å². The van der Waals surface area contributed by atoms with Crippen molar-refractivity contribution in [2.45, 2.75) is 52.2 Å². The molecule has 0 spiro atoms. The van der Waals surface area contributed by atoms with Gasteiger partial charge in [-0.15, -0.1) is 5.10 Å². The van der Waals surface area contributed by atoms with E-state index in [-0.39, 0.29) is 23.5 Å². The minimum absolute atomic E-state index is 0.0246. The van der Waals surface area contributed by atoms with Gasteiger partial charge in [0.1, 0.15) is 4.88 Å². The van der Waals surface area contributed by atoms with Gasteiger partial charge in [0.05, 0.1) is 11.8 Å². The number of hydrogen-bond donors (Lipinski definition) is 2. The predicted octanol–water partition coefficient (Wildman–Crippen LogP) is 1.38. The average Bonchev–Trinajstić information content (AvgIpc) is 2.77. The van der Waals surface area contributed by atoms with Crippen LogP contribution in [0.3, 0.4) is 0 Å². The van der Waals surface area contributed by atoms with Gasteiger partial charge in [0.25, 0.3) is 5.91 Å². The van der Waals surface area contributed by atoms with Crippen molar-refractivity contribution in [3.05, 3.63) is 10.6 Å². The summed E-state index contributed by atoms with van der Waals surface area (Å²) in [5, 5.41) is 16.6. The summed E-state index contributed by atoms with van der Waals surface area (Å²) in [5.41, 5.74) is 0.524. The highest BCUT2D eigenvalue weighted by Crippen LogP contribution is 2.40. The Hall–Kier alpha value is -1.01. The van der Waals surface area contributed by atoms with E-state index >= 15 is 0 Å². The maximum Gasteiger partial charge on any atom is 0.265 e. The van der Waals surface area contributed by atoms with Crippen LogP contribution in [0, 0.1) is 5.41 Å². The van der Waals surface area contributed by atoms with Crippen LogP contribution in [0.1, 0.15) is 49.0 Å². The molecule has 1 aromatic heterocycles. The first kappa shape index (κ1) is 13.4. The first-order valence-electron chi connectivity index (χ1n) is 6.27. The molecule has 0 saturated heterocycles. The summed E-state index contributed by atoms with van der Waals surface area (Å²) in [4.78, 5) is 12.7. The Morgan fingerprint density at radius 2 is 2.33 bits per heavy atom. The summed E-state index contributed by atoms with van der Waals surface area (Å²) in [6.07, 6.45) is 2.00. The minimum Gasteiger partial charge on any atom is -0.392 e. The third-order valence-corrected chi connectivity index (χ3v) is 4.54. The van der Waals surface area contributed by atoms with Crippen molar-refractivity contribution in [1.82, 2.24) is 14.9 Å². The van der Waals surface area contributed by atoms with Crippen molar-refractivity contribution in [2.24, 2.45) is 5.41 Å². The average molecular weight is 269 g/mol. The van der Waals surface area contributed by atoms with E-state index in [0.29, 0.717) is 11.3 Å². The SMILES string of the molecule is CCCc1nnsc1C(=O)NC1CC(O)C1(C)C. The fourth-order valence-electron chi connectivity index (χ4n) is 2.15. The van der Waals surface area contributed by atoms with Crippen molar-refractivity contribution in [2.75, 3.05) is 0 Å². The van der Waals surface area contributed by atoms with Crippen LogP contribution >= 0.6 is 11.5 Å². The molecule has 100 valence electrons. The van der Waals surface area contributed by atoms with Crippen molar-refractivity contribution in [1.29, 1.82) is 0 Å². The highest BCUT2D eigenvalue weighted by atomic mass is 32.1. The molecule has 6 heteroatoms. The number of aromatic nitrogens is 2. The van der Waals surface area contributed by atoms with E-state index in [2.05, 4.69) is 14.9 Å². The fourth-order valence-corrected chi connectivity index (χ4v) is 2.76. The maximum atomic E-state index is 12.1. The smallest absolute Gasteiger partial charge is 0.265 e. The van der Waals surface area contributed by atoms with Crippen molar-refractivity contribution in [3.8, 4) is 0 Å². The van der Waals surface area contributed by atoms with Crippen LogP contribution in [-0.4, -0.2) is 32.7 Å². The van der Waals surface area contributed by atoms with Crippen molar-refractivity contribution >= 4 is 17.4 Å². The van der Waals surface area contributed by atoms with E-state index in [1.807, 2.05) is 20.8 Å². The molecular formula is C12H19N3O2S. The van der Waals surface area contributed by atoms with Crippen LogP contribution in [0.2, 0.25) is 0 Å². The third kappa shape index (κ3) is 2.27. The Balaban J connectivity index is 2.02. The van der Waals surface area contributed by atoms with Gasteiger partial charge in [-0.05, 0) is 24.4 Å². The van der Waals surface area contributed by atoms with Crippen LogP contribution in [0.15, 0.2) is 0 Å². The van der Waals surface area contributed by atoms with Crippen LogP contribution in [0.25, 0.3) is 0 Å². The molecule has 1 saturated carbocycles. The summed E-state index contributed by atoms with van der Waals surface area (Å²) in [6.45, 7) is 5.97. The molecule has 0 aliphatic heterocycles. The van der Waals surface area contributed by atoms with Gasteiger partial charge < -0.3 is 10.4 Å². The van der Waals surface area contributed by atoms with Crippen LogP contribution in [0.4, 0.5) is 0 Å². The topological polar surface area (TPSA) is 75.1 Å².